The number of nitrogens with zero attached hydrogens (tertiary/aromatic N) is 2. The van der Waals surface area contributed by atoms with E-state index in [0.717, 1.165) is 22.0 Å². The molecule has 0 radical (unpaired) electrons. The van der Waals surface area contributed by atoms with Crippen molar-refractivity contribution >= 4 is 10.9 Å². The van der Waals surface area contributed by atoms with Crippen molar-refractivity contribution in [3.63, 3.8) is 0 Å². The molecule has 3 rings (SSSR count). The fourth-order valence-electron chi connectivity index (χ4n) is 2.44. The highest BCUT2D eigenvalue weighted by molar-refractivity contribution is 5.85. The molecule has 1 aromatic carbocycles. The van der Waals surface area contributed by atoms with Crippen LogP contribution in [0.25, 0.3) is 10.9 Å². The Morgan fingerprint density at radius 1 is 1.28 bits per heavy atom. The molecule has 18 heavy (non-hydrogen) atoms. The lowest BCUT2D eigenvalue weighted by molar-refractivity contribution is 0.944. The molecule has 0 spiro atoms. The number of fused-ring (bicyclic) bond motifs is 1. The SMILES string of the molecule is Cn1cc(C(C#N)c2cc[nH]c2)c2ccccc21. The summed E-state index contributed by atoms with van der Waals surface area (Å²) in [4.78, 5) is 3.01. The molecule has 1 atom stereocenters. The Morgan fingerprint density at radius 2 is 2.11 bits per heavy atom. The smallest absolute Gasteiger partial charge is 0.0997 e. The van der Waals surface area contributed by atoms with Gasteiger partial charge in [-0.3, -0.25) is 0 Å². The van der Waals surface area contributed by atoms with Crippen molar-refractivity contribution in [2.75, 3.05) is 0 Å². The molecule has 3 heteroatoms. The van der Waals surface area contributed by atoms with Crippen LogP contribution in [0, 0.1) is 11.3 Å². The first kappa shape index (κ1) is 10.7. The van der Waals surface area contributed by atoms with Crippen LogP contribution in [0.4, 0.5) is 0 Å². The summed E-state index contributed by atoms with van der Waals surface area (Å²) in [5.41, 5.74) is 3.23. The molecule has 3 nitrogen and oxygen atoms in total. The minimum Gasteiger partial charge on any atom is -0.367 e. The van der Waals surface area contributed by atoms with Gasteiger partial charge in [-0.1, -0.05) is 18.2 Å². The largest absolute Gasteiger partial charge is 0.367 e. The maximum absolute atomic E-state index is 9.45. The van der Waals surface area contributed by atoms with Crippen molar-refractivity contribution < 1.29 is 0 Å². The summed E-state index contributed by atoms with van der Waals surface area (Å²) in [6.45, 7) is 0. The fourth-order valence-corrected chi connectivity index (χ4v) is 2.44. The number of rotatable bonds is 2. The molecule has 88 valence electrons. The van der Waals surface area contributed by atoms with Gasteiger partial charge in [0.05, 0.1) is 12.0 Å². The average molecular weight is 235 g/mol. The molecule has 0 saturated carbocycles. The monoisotopic (exact) mass is 235 g/mol. The normalized spacial score (nSPS) is 12.4. The number of hydrogen-bond acceptors (Lipinski definition) is 1. The van der Waals surface area contributed by atoms with Gasteiger partial charge in [-0.25, -0.2) is 0 Å². The standard InChI is InChI=1S/C15H13N3/c1-18-10-14(12-4-2-3-5-15(12)18)13(8-16)11-6-7-17-9-11/h2-7,9-10,13,17H,1H3. The van der Waals surface area contributed by atoms with Crippen molar-refractivity contribution in [2.24, 2.45) is 7.05 Å². The number of aromatic amines is 1. The highest BCUT2D eigenvalue weighted by Crippen LogP contribution is 2.31. The van der Waals surface area contributed by atoms with Crippen molar-refractivity contribution in [2.45, 2.75) is 5.92 Å². The summed E-state index contributed by atoms with van der Waals surface area (Å²) in [5.74, 6) is -0.220. The van der Waals surface area contributed by atoms with E-state index in [2.05, 4.69) is 27.8 Å². The van der Waals surface area contributed by atoms with Gasteiger partial charge in [0.1, 0.15) is 0 Å². The number of hydrogen-bond donors (Lipinski definition) is 1. The van der Waals surface area contributed by atoms with E-state index >= 15 is 0 Å². The van der Waals surface area contributed by atoms with E-state index in [1.807, 2.05) is 43.8 Å². The minimum atomic E-state index is -0.220. The number of nitriles is 1. The van der Waals surface area contributed by atoms with E-state index in [-0.39, 0.29) is 5.92 Å². The van der Waals surface area contributed by atoms with Gasteiger partial charge < -0.3 is 9.55 Å². The van der Waals surface area contributed by atoms with Crippen molar-refractivity contribution in [3.8, 4) is 6.07 Å². The van der Waals surface area contributed by atoms with E-state index < -0.39 is 0 Å². The molecule has 0 aliphatic rings. The Bertz CT molecular complexity index is 714. The molecule has 0 bridgehead atoms. The molecule has 1 unspecified atom stereocenters. The number of benzene rings is 1. The average Bonchev–Trinajstić information content (AvgIpc) is 3.01. The van der Waals surface area contributed by atoms with E-state index in [4.69, 9.17) is 0 Å². The molecular weight excluding hydrogens is 222 g/mol. The van der Waals surface area contributed by atoms with Crippen LogP contribution in [0.2, 0.25) is 0 Å². The van der Waals surface area contributed by atoms with Crippen LogP contribution in [0.3, 0.4) is 0 Å². The number of H-pyrrole nitrogens is 1. The first-order chi connectivity index (χ1) is 8.81. The molecule has 2 heterocycles. The maximum Gasteiger partial charge on any atom is 0.0997 e. The molecule has 0 aliphatic carbocycles. The topological polar surface area (TPSA) is 44.5 Å². The molecule has 2 aromatic heterocycles. The van der Waals surface area contributed by atoms with Crippen LogP contribution in [-0.4, -0.2) is 9.55 Å². The molecule has 1 N–H and O–H groups in total. The minimum absolute atomic E-state index is 0.220. The third-order valence-electron chi connectivity index (χ3n) is 3.32. The summed E-state index contributed by atoms with van der Waals surface area (Å²) in [6.07, 6.45) is 5.78. The summed E-state index contributed by atoms with van der Waals surface area (Å²) >= 11 is 0. The number of nitrogens with one attached hydrogen (secondary N) is 1. The van der Waals surface area contributed by atoms with E-state index in [1.54, 1.807) is 0 Å². The third-order valence-corrected chi connectivity index (χ3v) is 3.32. The van der Waals surface area contributed by atoms with E-state index in [0.29, 0.717) is 0 Å². The Morgan fingerprint density at radius 3 is 2.83 bits per heavy atom. The molecule has 0 amide bonds. The molecule has 0 aliphatic heterocycles. The second-order valence-corrected chi connectivity index (χ2v) is 4.42. The van der Waals surface area contributed by atoms with E-state index in [1.165, 1.54) is 0 Å². The Kier molecular flexibility index (Phi) is 2.42. The van der Waals surface area contributed by atoms with Crippen LogP contribution in [0.5, 0.6) is 0 Å². The zero-order valence-electron chi connectivity index (χ0n) is 10.1. The lowest BCUT2D eigenvalue weighted by Gasteiger charge is -2.05. The van der Waals surface area contributed by atoms with E-state index in [9.17, 15) is 5.26 Å². The van der Waals surface area contributed by atoms with Gasteiger partial charge in [0.15, 0.2) is 0 Å². The van der Waals surface area contributed by atoms with Crippen LogP contribution in [-0.2, 0) is 7.05 Å². The fraction of sp³-hybridized carbons (Fsp3) is 0.133. The first-order valence-corrected chi connectivity index (χ1v) is 5.87. The lowest BCUT2D eigenvalue weighted by Crippen LogP contribution is -1.95. The van der Waals surface area contributed by atoms with Crippen molar-refractivity contribution in [1.29, 1.82) is 5.26 Å². The van der Waals surface area contributed by atoms with Gasteiger partial charge >= 0.3 is 0 Å². The highest BCUT2D eigenvalue weighted by atomic mass is 14.9. The third kappa shape index (κ3) is 1.51. The lowest BCUT2D eigenvalue weighted by atomic mass is 9.94. The predicted octanol–water partition coefficient (Wildman–Crippen LogP) is 3.16. The van der Waals surface area contributed by atoms with Crippen LogP contribution < -0.4 is 0 Å². The maximum atomic E-state index is 9.45. The summed E-state index contributed by atoms with van der Waals surface area (Å²) in [5, 5.41) is 10.6. The molecule has 0 fully saturated rings. The Hall–Kier alpha value is -2.47. The summed E-state index contributed by atoms with van der Waals surface area (Å²) in [6, 6.07) is 12.5. The number of para-hydroxylation sites is 1. The van der Waals surface area contributed by atoms with Gasteiger partial charge in [0.2, 0.25) is 0 Å². The first-order valence-electron chi connectivity index (χ1n) is 5.87. The Balaban J connectivity index is 2.23. The summed E-state index contributed by atoms with van der Waals surface area (Å²) in [7, 11) is 2.01. The van der Waals surface area contributed by atoms with Crippen LogP contribution in [0.15, 0.2) is 48.9 Å². The number of aryl methyl sites for hydroxylation is 1. The predicted molar refractivity (Wildman–Crippen MR) is 71.2 cm³/mol. The Labute approximate surface area is 105 Å². The number of aromatic nitrogens is 2. The van der Waals surface area contributed by atoms with Crippen LogP contribution >= 0.6 is 0 Å². The van der Waals surface area contributed by atoms with Crippen LogP contribution in [0.1, 0.15) is 17.0 Å². The zero-order valence-corrected chi connectivity index (χ0v) is 10.1. The van der Waals surface area contributed by atoms with Gasteiger partial charge in [-0.2, -0.15) is 5.26 Å². The van der Waals surface area contributed by atoms with Gasteiger partial charge in [-0.05, 0) is 23.3 Å². The second-order valence-electron chi connectivity index (χ2n) is 4.42. The molecule has 3 aromatic rings. The quantitative estimate of drug-likeness (QED) is 0.728. The molecule has 0 saturated heterocycles. The van der Waals surface area contributed by atoms with Gasteiger partial charge in [0.25, 0.3) is 0 Å². The molecular formula is C15H13N3. The zero-order chi connectivity index (χ0) is 12.5. The van der Waals surface area contributed by atoms with Crippen molar-refractivity contribution in [1.82, 2.24) is 9.55 Å². The van der Waals surface area contributed by atoms with Crippen molar-refractivity contribution in [3.05, 3.63) is 60.0 Å². The highest BCUT2D eigenvalue weighted by Gasteiger charge is 2.18. The van der Waals surface area contributed by atoms with Gasteiger partial charge in [-0.15, -0.1) is 0 Å². The summed E-state index contributed by atoms with van der Waals surface area (Å²) < 4.78 is 2.07. The second kappa shape index (κ2) is 4.08. The van der Waals surface area contributed by atoms with Gasteiger partial charge in [0, 0.05) is 36.5 Å².